The van der Waals surface area contributed by atoms with Crippen LogP contribution in [-0.2, 0) is 9.59 Å². The standard InChI is InChI=1S/C14H21NO3/c1-3-6-15(10-4-5-10)13(16)11-7-9(2)8-12(11)14(17)18/h3,9-12H,1,4-8H2,2H3,(H,17,18)/t9?,11-,12+/m0/s1. The molecule has 0 aromatic carbocycles. The van der Waals surface area contributed by atoms with Crippen LogP contribution in [0.25, 0.3) is 0 Å². The molecule has 0 spiro atoms. The van der Waals surface area contributed by atoms with Crippen LogP contribution in [0.2, 0.25) is 0 Å². The Kier molecular flexibility index (Phi) is 3.73. The highest BCUT2D eigenvalue weighted by molar-refractivity contribution is 5.86. The van der Waals surface area contributed by atoms with Crippen molar-refractivity contribution in [2.75, 3.05) is 6.54 Å². The molecule has 2 aliphatic rings. The first-order valence-corrected chi connectivity index (χ1v) is 6.68. The predicted molar refractivity (Wildman–Crippen MR) is 67.9 cm³/mol. The van der Waals surface area contributed by atoms with Gasteiger partial charge in [0.2, 0.25) is 5.91 Å². The van der Waals surface area contributed by atoms with Crippen LogP contribution in [-0.4, -0.2) is 34.5 Å². The molecule has 0 aromatic heterocycles. The van der Waals surface area contributed by atoms with Gasteiger partial charge in [-0.05, 0) is 31.6 Å². The van der Waals surface area contributed by atoms with Crippen molar-refractivity contribution < 1.29 is 14.7 Å². The molecule has 100 valence electrons. The monoisotopic (exact) mass is 251 g/mol. The fourth-order valence-electron chi connectivity index (χ4n) is 2.99. The fourth-order valence-corrected chi connectivity index (χ4v) is 2.99. The Balaban J connectivity index is 2.10. The van der Waals surface area contributed by atoms with Crippen LogP contribution in [0.15, 0.2) is 12.7 Å². The smallest absolute Gasteiger partial charge is 0.307 e. The predicted octanol–water partition coefficient (Wildman–Crippen LogP) is 1.91. The van der Waals surface area contributed by atoms with E-state index < -0.39 is 11.9 Å². The maximum absolute atomic E-state index is 12.5. The van der Waals surface area contributed by atoms with Gasteiger partial charge >= 0.3 is 5.97 Å². The lowest BCUT2D eigenvalue weighted by Gasteiger charge is -2.26. The molecule has 0 bridgehead atoms. The number of rotatable bonds is 5. The fraction of sp³-hybridized carbons (Fsp3) is 0.714. The van der Waals surface area contributed by atoms with E-state index in [0.29, 0.717) is 31.3 Å². The summed E-state index contributed by atoms with van der Waals surface area (Å²) in [4.78, 5) is 25.6. The SMILES string of the molecule is C=CCN(C(=O)[C@H]1CC(C)C[C@H]1C(=O)O)C1CC1. The van der Waals surface area contributed by atoms with Gasteiger partial charge in [-0.25, -0.2) is 0 Å². The van der Waals surface area contributed by atoms with Crippen LogP contribution < -0.4 is 0 Å². The first kappa shape index (κ1) is 13.1. The maximum atomic E-state index is 12.5. The molecule has 0 heterocycles. The molecule has 3 atom stereocenters. The molecule has 1 amide bonds. The number of carbonyl (C=O) groups is 2. The quantitative estimate of drug-likeness (QED) is 0.759. The molecule has 4 nitrogen and oxygen atoms in total. The normalized spacial score (nSPS) is 31.1. The molecule has 2 saturated carbocycles. The van der Waals surface area contributed by atoms with E-state index in [0.717, 1.165) is 12.8 Å². The van der Waals surface area contributed by atoms with Gasteiger partial charge in [0.05, 0.1) is 11.8 Å². The van der Waals surface area contributed by atoms with Gasteiger partial charge in [-0.2, -0.15) is 0 Å². The summed E-state index contributed by atoms with van der Waals surface area (Å²) in [6, 6.07) is 0.320. The molecule has 1 unspecified atom stereocenters. The van der Waals surface area contributed by atoms with Gasteiger partial charge in [0.25, 0.3) is 0 Å². The van der Waals surface area contributed by atoms with Crippen molar-refractivity contribution in [3.63, 3.8) is 0 Å². The zero-order chi connectivity index (χ0) is 13.3. The van der Waals surface area contributed by atoms with E-state index in [1.165, 1.54) is 0 Å². The molecule has 2 rings (SSSR count). The Hall–Kier alpha value is -1.32. The first-order valence-electron chi connectivity index (χ1n) is 6.68. The third kappa shape index (κ3) is 2.57. The molecular formula is C14H21NO3. The highest BCUT2D eigenvalue weighted by Crippen LogP contribution is 2.39. The lowest BCUT2D eigenvalue weighted by atomic mass is 9.94. The Labute approximate surface area is 108 Å². The summed E-state index contributed by atoms with van der Waals surface area (Å²) in [6.45, 7) is 6.25. The molecule has 18 heavy (non-hydrogen) atoms. The third-order valence-corrected chi connectivity index (χ3v) is 4.03. The van der Waals surface area contributed by atoms with E-state index in [9.17, 15) is 14.7 Å². The number of carboxylic acids is 1. The van der Waals surface area contributed by atoms with Gasteiger partial charge in [-0.1, -0.05) is 13.0 Å². The highest BCUT2D eigenvalue weighted by Gasteiger charge is 2.45. The minimum absolute atomic E-state index is 0.0224. The van der Waals surface area contributed by atoms with E-state index in [1.807, 2.05) is 11.8 Å². The Bertz CT molecular complexity index is 362. The summed E-state index contributed by atoms with van der Waals surface area (Å²) in [5.41, 5.74) is 0. The molecule has 4 heteroatoms. The van der Waals surface area contributed by atoms with E-state index in [2.05, 4.69) is 6.58 Å². The highest BCUT2D eigenvalue weighted by atomic mass is 16.4. The van der Waals surface area contributed by atoms with Crippen molar-refractivity contribution >= 4 is 11.9 Å². The van der Waals surface area contributed by atoms with E-state index in [-0.39, 0.29) is 11.8 Å². The number of carbonyl (C=O) groups excluding carboxylic acids is 1. The van der Waals surface area contributed by atoms with E-state index in [1.54, 1.807) is 6.08 Å². The van der Waals surface area contributed by atoms with Gasteiger partial charge in [-0.3, -0.25) is 9.59 Å². The van der Waals surface area contributed by atoms with Crippen LogP contribution in [0.3, 0.4) is 0 Å². The third-order valence-electron chi connectivity index (χ3n) is 4.03. The molecule has 0 radical (unpaired) electrons. The zero-order valence-corrected chi connectivity index (χ0v) is 10.8. The lowest BCUT2D eigenvalue weighted by Crippen LogP contribution is -2.40. The van der Waals surface area contributed by atoms with Crippen molar-refractivity contribution in [1.82, 2.24) is 4.90 Å². The van der Waals surface area contributed by atoms with Gasteiger partial charge in [0.1, 0.15) is 0 Å². The van der Waals surface area contributed by atoms with Crippen molar-refractivity contribution in [2.45, 2.75) is 38.6 Å². The number of aliphatic carboxylic acids is 1. The summed E-state index contributed by atoms with van der Waals surface area (Å²) < 4.78 is 0. The zero-order valence-electron chi connectivity index (χ0n) is 10.8. The van der Waals surface area contributed by atoms with Gasteiger partial charge < -0.3 is 10.0 Å². The summed E-state index contributed by atoms with van der Waals surface area (Å²) in [7, 11) is 0. The summed E-state index contributed by atoms with van der Waals surface area (Å²) in [5.74, 6) is -1.32. The van der Waals surface area contributed by atoms with Crippen molar-refractivity contribution in [3.8, 4) is 0 Å². The maximum Gasteiger partial charge on any atom is 0.307 e. The first-order chi connectivity index (χ1) is 8.54. The minimum Gasteiger partial charge on any atom is -0.481 e. The van der Waals surface area contributed by atoms with Crippen molar-refractivity contribution in [2.24, 2.45) is 17.8 Å². The Morgan fingerprint density at radius 1 is 1.33 bits per heavy atom. The molecule has 0 aliphatic heterocycles. The number of hydrogen-bond acceptors (Lipinski definition) is 2. The second-order valence-corrected chi connectivity index (χ2v) is 5.64. The molecule has 2 fully saturated rings. The second kappa shape index (κ2) is 5.12. The Morgan fingerprint density at radius 2 is 1.94 bits per heavy atom. The number of amides is 1. The minimum atomic E-state index is -0.827. The van der Waals surface area contributed by atoms with Crippen molar-refractivity contribution in [3.05, 3.63) is 12.7 Å². The van der Waals surface area contributed by atoms with Crippen LogP contribution in [0.4, 0.5) is 0 Å². The van der Waals surface area contributed by atoms with E-state index in [4.69, 9.17) is 0 Å². The molecular weight excluding hydrogens is 230 g/mol. The van der Waals surface area contributed by atoms with Crippen molar-refractivity contribution in [1.29, 1.82) is 0 Å². The van der Waals surface area contributed by atoms with Gasteiger partial charge in [0.15, 0.2) is 0 Å². The van der Waals surface area contributed by atoms with Gasteiger partial charge in [0, 0.05) is 12.6 Å². The summed E-state index contributed by atoms with van der Waals surface area (Å²) in [5, 5.41) is 9.23. The largest absolute Gasteiger partial charge is 0.481 e. The molecule has 2 aliphatic carbocycles. The van der Waals surface area contributed by atoms with E-state index >= 15 is 0 Å². The van der Waals surface area contributed by atoms with Crippen LogP contribution >= 0.6 is 0 Å². The number of hydrogen-bond donors (Lipinski definition) is 1. The average Bonchev–Trinajstić information content (AvgIpc) is 3.07. The Morgan fingerprint density at radius 3 is 2.44 bits per heavy atom. The van der Waals surface area contributed by atoms with Crippen LogP contribution in [0, 0.1) is 17.8 Å². The number of carboxylic acid groups (broad SMARTS) is 1. The molecule has 0 aromatic rings. The summed E-state index contributed by atoms with van der Waals surface area (Å²) >= 11 is 0. The number of nitrogens with zero attached hydrogens (tertiary/aromatic N) is 1. The topological polar surface area (TPSA) is 57.6 Å². The van der Waals surface area contributed by atoms with Gasteiger partial charge in [-0.15, -0.1) is 6.58 Å². The lowest BCUT2D eigenvalue weighted by molar-refractivity contribution is -0.149. The molecule has 1 N–H and O–H groups in total. The van der Waals surface area contributed by atoms with Crippen LogP contribution in [0.1, 0.15) is 32.6 Å². The average molecular weight is 251 g/mol. The second-order valence-electron chi connectivity index (χ2n) is 5.64. The van der Waals surface area contributed by atoms with Crippen LogP contribution in [0.5, 0.6) is 0 Å². The summed E-state index contributed by atoms with van der Waals surface area (Å²) in [6.07, 6.45) is 5.14. The molecule has 0 saturated heterocycles.